The molecule has 1 fully saturated rings. The van der Waals surface area contributed by atoms with E-state index in [1.165, 1.54) is 12.8 Å². The summed E-state index contributed by atoms with van der Waals surface area (Å²) in [5.74, 6) is 0. The van der Waals surface area contributed by atoms with Crippen LogP contribution in [0.4, 0.5) is 0 Å². The molecule has 16 heavy (non-hydrogen) atoms. The molecule has 1 saturated heterocycles. The maximum atomic E-state index is 5.77. The minimum Gasteiger partial charge on any atom is -0.376 e. The molecule has 0 radical (unpaired) electrons. The van der Waals surface area contributed by atoms with Crippen molar-refractivity contribution < 1.29 is 4.74 Å². The average molecular weight is 228 g/mol. The van der Waals surface area contributed by atoms with Gasteiger partial charge in [0.1, 0.15) is 0 Å². The largest absolute Gasteiger partial charge is 0.376 e. The standard InChI is InChI=1S/C13H28N2O/c1-5-12-9-16-11(2)8-15(12)7-6-13(3,4)10-14/h11-12H,5-10,14H2,1-4H3. The minimum absolute atomic E-state index is 0.264. The van der Waals surface area contributed by atoms with E-state index in [0.29, 0.717) is 12.1 Å². The minimum atomic E-state index is 0.264. The fraction of sp³-hybridized carbons (Fsp3) is 1.00. The molecule has 0 amide bonds. The van der Waals surface area contributed by atoms with Gasteiger partial charge in [-0.15, -0.1) is 0 Å². The zero-order chi connectivity index (χ0) is 12.2. The van der Waals surface area contributed by atoms with Gasteiger partial charge in [0.15, 0.2) is 0 Å². The highest BCUT2D eigenvalue weighted by Gasteiger charge is 2.27. The van der Waals surface area contributed by atoms with Crippen molar-refractivity contribution in [2.24, 2.45) is 11.1 Å². The molecule has 96 valence electrons. The molecular weight excluding hydrogens is 200 g/mol. The van der Waals surface area contributed by atoms with Crippen LogP contribution in [0.1, 0.15) is 40.5 Å². The van der Waals surface area contributed by atoms with Crippen LogP contribution in [0.15, 0.2) is 0 Å². The summed E-state index contributed by atoms with van der Waals surface area (Å²) < 4.78 is 5.70. The summed E-state index contributed by atoms with van der Waals surface area (Å²) in [4.78, 5) is 2.57. The highest BCUT2D eigenvalue weighted by Crippen LogP contribution is 2.21. The molecule has 1 aliphatic heterocycles. The van der Waals surface area contributed by atoms with Crippen molar-refractivity contribution in [3.05, 3.63) is 0 Å². The van der Waals surface area contributed by atoms with Gasteiger partial charge >= 0.3 is 0 Å². The number of morpholine rings is 1. The maximum Gasteiger partial charge on any atom is 0.0674 e. The number of rotatable bonds is 5. The first kappa shape index (κ1) is 13.9. The molecule has 0 bridgehead atoms. The molecule has 2 unspecified atom stereocenters. The molecule has 0 aromatic rings. The van der Waals surface area contributed by atoms with Crippen LogP contribution in [-0.4, -0.2) is 43.3 Å². The Labute approximate surface area is 100 Å². The first-order valence-electron chi connectivity index (χ1n) is 6.54. The second-order valence-electron chi connectivity index (χ2n) is 5.82. The Morgan fingerprint density at radius 2 is 2.12 bits per heavy atom. The molecule has 1 rings (SSSR count). The maximum absolute atomic E-state index is 5.77. The number of ether oxygens (including phenoxy) is 1. The Bertz CT molecular complexity index is 206. The highest BCUT2D eigenvalue weighted by atomic mass is 16.5. The first-order chi connectivity index (χ1) is 7.48. The van der Waals surface area contributed by atoms with Gasteiger partial charge in [-0.2, -0.15) is 0 Å². The van der Waals surface area contributed by atoms with Gasteiger partial charge in [0.2, 0.25) is 0 Å². The summed E-state index contributed by atoms with van der Waals surface area (Å²) >= 11 is 0. The second kappa shape index (κ2) is 5.99. The average Bonchev–Trinajstić information content (AvgIpc) is 2.27. The monoisotopic (exact) mass is 228 g/mol. The number of nitrogens with two attached hydrogens (primary N) is 1. The van der Waals surface area contributed by atoms with E-state index in [9.17, 15) is 0 Å². The van der Waals surface area contributed by atoms with E-state index in [0.717, 1.165) is 26.2 Å². The Morgan fingerprint density at radius 3 is 2.69 bits per heavy atom. The zero-order valence-electron chi connectivity index (χ0n) is 11.3. The van der Waals surface area contributed by atoms with Gasteiger partial charge in [0.05, 0.1) is 12.7 Å². The molecule has 0 aromatic heterocycles. The Hall–Kier alpha value is -0.120. The van der Waals surface area contributed by atoms with Crippen LogP contribution in [0.2, 0.25) is 0 Å². The summed E-state index contributed by atoms with van der Waals surface area (Å²) in [6, 6.07) is 0.602. The Kier molecular flexibility index (Phi) is 5.22. The van der Waals surface area contributed by atoms with Crippen LogP contribution >= 0.6 is 0 Å². The molecule has 0 spiro atoms. The van der Waals surface area contributed by atoms with Crippen LogP contribution in [0.5, 0.6) is 0 Å². The molecule has 1 aliphatic rings. The van der Waals surface area contributed by atoms with Crippen molar-refractivity contribution in [1.29, 1.82) is 0 Å². The quantitative estimate of drug-likeness (QED) is 0.780. The molecule has 0 aromatic carbocycles. The van der Waals surface area contributed by atoms with Crippen molar-refractivity contribution in [1.82, 2.24) is 4.90 Å². The number of hydrogen-bond acceptors (Lipinski definition) is 3. The lowest BCUT2D eigenvalue weighted by molar-refractivity contribution is -0.0584. The molecule has 2 N–H and O–H groups in total. The van der Waals surface area contributed by atoms with Crippen LogP contribution in [0, 0.1) is 5.41 Å². The SMILES string of the molecule is CCC1COC(C)CN1CCC(C)(C)CN. The molecule has 2 atom stereocenters. The van der Waals surface area contributed by atoms with Crippen LogP contribution in [-0.2, 0) is 4.74 Å². The summed E-state index contributed by atoms with van der Waals surface area (Å²) in [5.41, 5.74) is 6.04. The zero-order valence-corrected chi connectivity index (χ0v) is 11.3. The lowest BCUT2D eigenvalue weighted by Gasteiger charge is -2.39. The fourth-order valence-corrected chi connectivity index (χ4v) is 2.11. The van der Waals surface area contributed by atoms with Gasteiger partial charge in [0, 0.05) is 12.6 Å². The Balaban J connectivity index is 2.43. The third-order valence-electron chi connectivity index (χ3n) is 3.68. The van der Waals surface area contributed by atoms with Crippen molar-refractivity contribution in [2.75, 3.05) is 26.2 Å². The van der Waals surface area contributed by atoms with Gasteiger partial charge in [0.25, 0.3) is 0 Å². The van der Waals surface area contributed by atoms with E-state index in [1.807, 2.05) is 0 Å². The summed E-state index contributed by atoms with van der Waals surface area (Å²) in [6.07, 6.45) is 2.73. The molecule has 3 heteroatoms. The van der Waals surface area contributed by atoms with Crippen LogP contribution in [0.25, 0.3) is 0 Å². The van der Waals surface area contributed by atoms with E-state index in [-0.39, 0.29) is 5.41 Å². The predicted molar refractivity (Wildman–Crippen MR) is 68.5 cm³/mol. The van der Waals surface area contributed by atoms with E-state index >= 15 is 0 Å². The second-order valence-corrected chi connectivity index (χ2v) is 5.82. The Morgan fingerprint density at radius 1 is 1.44 bits per heavy atom. The van der Waals surface area contributed by atoms with Gasteiger partial charge < -0.3 is 10.5 Å². The van der Waals surface area contributed by atoms with E-state index < -0.39 is 0 Å². The van der Waals surface area contributed by atoms with Crippen molar-refractivity contribution in [2.45, 2.75) is 52.7 Å². The number of hydrogen-bond donors (Lipinski definition) is 1. The third-order valence-corrected chi connectivity index (χ3v) is 3.68. The van der Waals surface area contributed by atoms with Crippen molar-refractivity contribution >= 4 is 0 Å². The highest BCUT2D eigenvalue weighted by molar-refractivity contribution is 4.80. The normalized spacial score (nSPS) is 28.3. The van der Waals surface area contributed by atoms with Crippen molar-refractivity contribution in [3.8, 4) is 0 Å². The van der Waals surface area contributed by atoms with Gasteiger partial charge in [-0.05, 0) is 38.3 Å². The summed E-state index contributed by atoms with van der Waals surface area (Å²) in [6.45, 7) is 12.8. The van der Waals surface area contributed by atoms with Gasteiger partial charge in [-0.25, -0.2) is 0 Å². The molecule has 0 aliphatic carbocycles. The van der Waals surface area contributed by atoms with Crippen LogP contribution in [0.3, 0.4) is 0 Å². The molecule has 1 heterocycles. The third kappa shape index (κ3) is 4.04. The fourth-order valence-electron chi connectivity index (χ4n) is 2.11. The number of nitrogens with zero attached hydrogens (tertiary/aromatic N) is 1. The van der Waals surface area contributed by atoms with E-state index in [1.54, 1.807) is 0 Å². The predicted octanol–water partition coefficient (Wildman–Crippen LogP) is 1.86. The van der Waals surface area contributed by atoms with Gasteiger partial charge in [-0.3, -0.25) is 4.90 Å². The molecule has 0 saturated carbocycles. The lowest BCUT2D eigenvalue weighted by atomic mass is 9.89. The smallest absolute Gasteiger partial charge is 0.0674 e. The van der Waals surface area contributed by atoms with Crippen LogP contribution < -0.4 is 5.73 Å². The molecule has 3 nitrogen and oxygen atoms in total. The van der Waals surface area contributed by atoms with E-state index in [4.69, 9.17) is 10.5 Å². The lowest BCUT2D eigenvalue weighted by Crippen LogP contribution is -2.49. The topological polar surface area (TPSA) is 38.5 Å². The molecular formula is C13H28N2O. The summed E-state index contributed by atoms with van der Waals surface area (Å²) in [5, 5.41) is 0. The van der Waals surface area contributed by atoms with E-state index in [2.05, 4.69) is 32.6 Å². The first-order valence-corrected chi connectivity index (χ1v) is 6.54. The van der Waals surface area contributed by atoms with Gasteiger partial charge in [-0.1, -0.05) is 20.8 Å². The summed E-state index contributed by atoms with van der Waals surface area (Å²) in [7, 11) is 0. The van der Waals surface area contributed by atoms with Crippen molar-refractivity contribution in [3.63, 3.8) is 0 Å².